The SMILES string of the molecule is Cc1coc(-c2cccc(Cl)c2)n1. The Morgan fingerprint density at radius 3 is 2.85 bits per heavy atom. The maximum atomic E-state index is 5.83. The molecule has 0 unspecified atom stereocenters. The van der Waals surface area contributed by atoms with E-state index in [1.807, 2.05) is 31.2 Å². The van der Waals surface area contributed by atoms with Crippen LogP contribution in [-0.2, 0) is 0 Å². The Bertz CT molecular complexity index is 422. The zero-order valence-corrected chi connectivity index (χ0v) is 7.88. The molecule has 0 aliphatic heterocycles. The molecule has 2 rings (SSSR count). The summed E-state index contributed by atoms with van der Waals surface area (Å²) in [4.78, 5) is 4.20. The van der Waals surface area contributed by atoms with Crippen molar-refractivity contribution in [2.75, 3.05) is 0 Å². The molecule has 0 spiro atoms. The molecule has 2 aromatic rings. The fourth-order valence-corrected chi connectivity index (χ4v) is 1.30. The lowest BCUT2D eigenvalue weighted by Crippen LogP contribution is -1.77. The lowest BCUT2D eigenvalue weighted by molar-refractivity contribution is 0.573. The molecule has 0 bridgehead atoms. The molecule has 0 radical (unpaired) electrons. The maximum Gasteiger partial charge on any atom is 0.226 e. The number of nitrogens with zero attached hydrogens (tertiary/aromatic N) is 1. The minimum absolute atomic E-state index is 0.611. The summed E-state index contributed by atoms with van der Waals surface area (Å²) in [5, 5.41) is 0.688. The zero-order valence-electron chi connectivity index (χ0n) is 7.12. The van der Waals surface area contributed by atoms with Crippen molar-refractivity contribution < 1.29 is 4.42 Å². The van der Waals surface area contributed by atoms with Crippen LogP contribution in [-0.4, -0.2) is 4.98 Å². The topological polar surface area (TPSA) is 26.0 Å². The summed E-state index contributed by atoms with van der Waals surface area (Å²) < 4.78 is 5.24. The normalized spacial score (nSPS) is 10.3. The predicted molar refractivity (Wildman–Crippen MR) is 51.7 cm³/mol. The summed E-state index contributed by atoms with van der Waals surface area (Å²) in [5.41, 5.74) is 1.77. The first-order valence-electron chi connectivity index (χ1n) is 3.94. The zero-order chi connectivity index (χ0) is 9.26. The molecular formula is C10H8ClNO. The van der Waals surface area contributed by atoms with Gasteiger partial charge in [-0.05, 0) is 25.1 Å². The van der Waals surface area contributed by atoms with Crippen molar-refractivity contribution in [1.82, 2.24) is 4.98 Å². The summed E-state index contributed by atoms with van der Waals surface area (Å²) >= 11 is 5.83. The Labute approximate surface area is 81.2 Å². The van der Waals surface area contributed by atoms with E-state index >= 15 is 0 Å². The fourth-order valence-electron chi connectivity index (χ4n) is 1.11. The van der Waals surface area contributed by atoms with Crippen LogP contribution < -0.4 is 0 Å². The van der Waals surface area contributed by atoms with Gasteiger partial charge in [0.25, 0.3) is 0 Å². The summed E-state index contributed by atoms with van der Waals surface area (Å²) in [7, 11) is 0. The lowest BCUT2D eigenvalue weighted by atomic mass is 10.2. The van der Waals surface area contributed by atoms with E-state index in [1.54, 1.807) is 6.26 Å². The van der Waals surface area contributed by atoms with Crippen molar-refractivity contribution in [2.24, 2.45) is 0 Å². The van der Waals surface area contributed by atoms with E-state index in [0.29, 0.717) is 10.9 Å². The molecule has 0 aliphatic carbocycles. The molecule has 0 N–H and O–H groups in total. The second kappa shape index (κ2) is 3.23. The van der Waals surface area contributed by atoms with Gasteiger partial charge >= 0.3 is 0 Å². The van der Waals surface area contributed by atoms with Gasteiger partial charge in [-0.25, -0.2) is 4.98 Å². The van der Waals surface area contributed by atoms with Gasteiger partial charge in [-0.2, -0.15) is 0 Å². The molecule has 2 nitrogen and oxygen atoms in total. The van der Waals surface area contributed by atoms with E-state index in [1.165, 1.54) is 0 Å². The summed E-state index contributed by atoms with van der Waals surface area (Å²) in [6.07, 6.45) is 1.62. The van der Waals surface area contributed by atoms with E-state index in [0.717, 1.165) is 11.3 Å². The standard InChI is InChI=1S/C10H8ClNO/c1-7-6-13-10(12-7)8-3-2-4-9(11)5-8/h2-6H,1H3. The van der Waals surface area contributed by atoms with Crippen LogP contribution in [0.2, 0.25) is 5.02 Å². The first kappa shape index (κ1) is 8.32. The van der Waals surface area contributed by atoms with Gasteiger partial charge in [0.05, 0.1) is 5.69 Å². The fraction of sp³-hybridized carbons (Fsp3) is 0.100. The largest absolute Gasteiger partial charge is 0.444 e. The molecule has 3 heteroatoms. The number of hydrogen-bond acceptors (Lipinski definition) is 2. The van der Waals surface area contributed by atoms with Gasteiger partial charge < -0.3 is 4.42 Å². The first-order chi connectivity index (χ1) is 6.25. The Morgan fingerprint density at radius 2 is 2.23 bits per heavy atom. The molecule has 0 saturated carbocycles. The average Bonchev–Trinajstić information content (AvgIpc) is 2.52. The lowest BCUT2D eigenvalue weighted by Gasteiger charge is -1.94. The third kappa shape index (κ3) is 1.73. The number of benzene rings is 1. The van der Waals surface area contributed by atoms with E-state index in [9.17, 15) is 0 Å². The maximum absolute atomic E-state index is 5.83. The minimum Gasteiger partial charge on any atom is -0.444 e. The number of hydrogen-bond donors (Lipinski definition) is 0. The molecular weight excluding hydrogens is 186 g/mol. The van der Waals surface area contributed by atoms with Crippen molar-refractivity contribution >= 4 is 11.6 Å². The van der Waals surface area contributed by atoms with Crippen LogP contribution in [0.3, 0.4) is 0 Å². The van der Waals surface area contributed by atoms with Crippen molar-refractivity contribution in [3.05, 3.63) is 41.2 Å². The molecule has 0 saturated heterocycles. The second-order valence-electron chi connectivity index (χ2n) is 2.80. The quantitative estimate of drug-likeness (QED) is 0.695. The molecule has 0 aliphatic rings. The number of aromatic nitrogens is 1. The third-order valence-corrected chi connectivity index (χ3v) is 1.93. The van der Waals surface area contributed by atoms with Gasteiger partial charge in [-0.3, -0.25) is 0 Å². The molecule has 0 atom stereocenters. The van der Waals surface area contributed by atoms with Crippen LogP contribution in [0.1, 0.15) is 5.69 Å². The van der Waals surface area contributed by atoms with Crippen LogP contribution in [0.25, 0.3) is 11.5 Å². The highest BCUT2D eigenvalue weighted by Crippen LogP contribution is 2.21. The summed E-state index contributed by atoms with van der Waals surface area (Å²) in [6.45, 7) is 1.89. The monoisotopic (exact) mass is 193 g/mol. The van der Waals surface area contributed by atoms with Gasteiger partial charge in [0.1, 0.15) is 6.26 Å². The molecule has 66 valence electrons. The molecule has 0 amide bonds. The second-order valence-corrected chi connectivity index (χ2v) is 3.24. The highest BCUT2D eigenvalue weighted by molar-refractivity contribution is 6.30. The van der Waals surface area contributed by atoms with Crippen LogP contribution in [0.15, 0.2) is 34.9 Å². The molecule has 1 aromatic carbocycles. The predicted octanol–water partition coefficient (Wildman–Crippen LogP) is 3.30. The van der Waals surface area contributed by atoms with Crippen molar-refractivity contribution in [3.63, 3.8) is 0 Å². The van der Waals surface area contributed by atoms with Crippen LogP contribution in [0.5, 0.6) is 0 Å². The number of rotatable bonds is 1. The average molecular weight is 194 g/mol. The molecule has 1 aromatic heterocycles. The van der Waals surface area contributed by atoms with Gasteiger partial charge in [-0.15, -0.1) is 0 Å². The van der Waals surface area contributed by atoms with E-state index in [-0.39, 0.29) is 0 Å². The van der Waals surface area contributed by atoms with Crippen LogP contribution in [0.4, 0.5) is 0 Å². The van der Waals surface area contributed by atoms with Gasteiger partial charge in [0, 0.05) is 10.6 Å². The summed E-state index contributed by atoms with van der Waals surface area (Å²) in [5.74, 6) is 0.611. The van der Waals surface area contributed by atoms with Gasteiger partial charge in [0.15, 0.2) is 0 Å². The highest BCUT2D eigenvalue weighted by atomic mass is 35.5. The molecule has 1 heterocycles. The Morgan fingerprint density at radius 1 is 1.38 bits per heavy atom. The number of aryl methyl sites for hydroxylation is 1. The Kier molecular flexibility index (Phi) is 2.07. The van der Waals surface area contributed by atoms with E-state index in [2.05, 4.69) is 4.98 Å². The van der Waals surface area contributed by atoms with Crippen molar-refractivity contribution in [2.45, 2.75) is 6.92 Å². The minimum atomic E-state index is 0.611. The Balaban J connectivity index is 2.46. The molecule has 13 heavy (non-hydrogen) atoms. The smallest absolute Gasteiger partial charge is 0.226 e. The highest BCUT2D eigenvalue weighted by Gasteiger charge is 2.03. The van der Waals surface area contributed by atoms with Crippen molar-refractivity contribution in [3.8, 4) is 11.5 Å². The van der Waals surface area contributed by atoms with E-state index < -0.39 is 0 Å². The van der Waals surface area contributed by atoms with Crippen molar-refractivity contribution in [1.29, 1.82) is 0 Å². The van der Waals surface area contributed by atoms with Crippen LogP contribution in [0, 0.1) is 6.92 Å². The van der Waals surface area contributed by atoms with Gasteiger partial charge in [0.2, 0.25) is 5.89 Å². The number of oxazole rings is 1. The van der Waals surface area contributed by atoms with Gasteiger partial charge in [-0.1, -0.05) is 17.7 Å². The number of halogens is 1. The first-order valence-corrected chi connectivity index (χ1v) is 4.31. The van der Waals surface area contributed by atoms with E-state index in [4.69, 9.17) is 16.0 Å². The summed E-state index contributed by atoms with van der Waals surface area (Å²) in [6, 6.07) is 7.43. The molecule has 0 fully saturated rings. The Hall–Kier alpha value is -1.28. The third-order valence-electron chi connectivity index (χ3n) is 1.69. The van der Waals surface area contributed by atoms with Crippen LogP contribution >= 0.6 is 11.6 Å².